The largest absolute Gasteiger partial charge is 0.388 e. The third-order valence-corrected chi connectivity index (χ3v) is 13.1. The predicted octanol–water partition coefficient (Wildman–Crippen LogP) is 5.45. The van der Waals surface area contributed by atoms with Crippen LogP contribution in [0.5, 0.6) is 0 Å². The Morgan fingerprint density at radius 2 is 0.646 bits per heavy atom. The lowest BCUT2D eigenvalue weighted by atomic mass is 9.86. The molecule has 6 fully saturated rings. The van der Waals surface area contributed by atoms with Crippen LogP contribution in [0.3, 0.4) is 0 Å². The van der Waals surface area contributed by atoms with Crippen LogP contribution in [-0.4, -0.2) is 118 Å². The quantitative estimate of drug-likeness (QED) is 0.181. The van der Waals surface area contributed by atoms with Gasteiger partial charge in [-0.3, -0.25) is 0 Å². The molecule has 8 atom stereocenters. The topological polar surface area (TPSA) is 106 Å². The summed E-state index contributed by atoms with van der Waals surface area (Å²) in [5, 5.41) is 44.4. The van der Waals surface area contributed by atoms with E-state index in [1.54, 1.807) is 12.2 Å². The van der Waals surface area contributed by atoms with Crippen LogP contribution in [0.4, 0.5) is 0 Å². The van der Waals surface area contributed by atoms with E-state index in [1.165, 1.54) is 128 Å². The second-order valence-corrected chi connectivity index (χ2v) is 17.1. The van der Waals surface area contributed by atoms with Crippen LogP contribution in [0.1, 0.15) is 128 Å². The molecule has 48 heavy (non-hydrogen) atoms. The molecule has 2 saturated heterocycles. The Morgan fingerprint density at radius 3 is 0.917 bits per heavy atom. The summed E-state index contributed by atoms with van der Waals surface area (Å²) in [6.45, 7) is 5.49. The van der Waals surface area contributed by atoms with Crippen molar-refractivity contribution >= 4 is 0 Å². The Labute approximate surface area is 291 Å². The van der Waals surface area contributed by atoms with Crippen LogP contribution in [0.15, 0.2) is 12.2 Å². The van der Waals surface area contributed by atoms with Gasteiger partial charge in [0.05, 0.1) is 12.2 Å². The van der Waals surface area contributed by atoms with Gasteiger partial charge in [0.15, 0.2) is 0 Å². The minimum atomic E-state index is -1.03. The standard InChI is InChI=1S/C40H70N2O6/c43-37-33(47-35(39(37)45)27-41(23-29-13-5-1-6-14-29)24-30-15-7-2-8-16-30)21-22-34-38(44)40(46)36(48-34)28-42(25-31-17-9-3-10-18-31)26-32-19-11-4-12-20-32/h21-22,29-40,43-46H,1-20,23-28H2/b22-21+/t33-,34-,35-,36-,37-,38-,39-,40-/m1/s1. The summed E-state index contributed by atoms with van der Waals surface area (Å²) in [7, 11) is 0. The monoisotopic (exact) mass is 675 g/mol. The van der Waals surface area contributed by atoms with E-state index in [9.17, 15) is 20.4 Å². The highest BCUT2D eigenvalue weighted by molar-refractivity contribution is 5.09. The summed E-state index contributed by atoms with van der Waals surface area (Å²) in [5.74, 6) is 2.84. The molecule has 0 bridgehead atoms. The van der Waals surface area contributed by atoms with Gasteiger partial charge in [0.1, 0.15) is 36.6 Å². The van der Waals surface area contributed by atoms with Crippen molar-refractivity contribution in [3.05, 3.63) is 12.2 Å². The van der Waals surface area contributed by atoms with Crippen LogP contribution < -0.4 is 0 Å². The van der Waals surface area contributed by atoms with Crippen molar-refractivity contribution in [1.82, 2.24) is 9.80 Å². The maximum atomic E-state index is 11.1. The average Bonchev–Trinajstić information content (AvgIpc) is 3.53. The van der Waals surface area contributed by atoms with Crippen LogP contribution in [0.25, 0.3) is 0 Å². The molecular weight excluding hydrogens is 604 g/mol. The van der Waals surface area contributed by atoms with Crippen molar-refractivity contribution < 1.29 is 29.9 Å². The van der Waals surface area contributed by atoms with Gasteiger partial charge in [0.25, 0.3) is 0 Å². The van der Waals surface area contributed by atoms with Gasteiger partial charge in [0, 0.05) is 39.3 Å². The first-order valence-electron chi connectivity index (χ1n) is 20.6. The molecule has 0 radical (unpaired) electrons. The van der Waals surface area contributed by atoms with Gasteiger partial charge in [0.2, 0.25) is 0 Å². The molecule has 2 heterocycles. The summed E-state index contributed by atoms with van der Waals surface area (Å²) in [4.78, 5) is 5.08. The van der Waals surface area contributed by atoms with E-state index >= 15 is 0 Å². The maximum absolute atomic E-state index is 11.1. The van der Waals surface area contributed by atoms with Crippen LogP contribution in [0.2, 0.25) is 0 Å². The summed E-state index contributed by atoms with van der Waals surface area (Å²) >= 11 is 0. The molecule has 0 aromatic carbocycles. The van der Waals surface area contributed by atoms with Gasteiger partial charge in [-0.2, -0.15) is 0 Å². The molecule has 4 aliphatic carbocycles. The van der Waals surface area contributed by atoms with E-state index < -0.39 is 48.8 Å². The zero-order valence-electron chi connectivity index (χ0n) is 30.0. The first kappa shape index (κ1) is 37.2. The molecule has 2 aliphatic heterocycles. The fourth-order valence-corrected chi connectivity index (χ4v) is 10.3. The van der Waals surface area contributed by atoms with Crippen molar-refractivity contribution in [3.8, 4) is 0 Å². The van der Waals surface area contributed by atoms with Crippen LogP contribution in [-0.2, 0) is 9.47 Å². The molecule has 8 nitrogen and oxygen atoms in total. The van der Waals surface area contributed by atoms with E-state index in [0.717, 1.165) is 26.2 Å². The lowest BCUT2D eigenvalue weighted by molar-refractivity contribution is -0.0106. The minimum Gasteiger partial charge on any atom is -0.388 e. The number of aliphatic hydroxyl groups is 4. The smallest absolute Gasteiger partial charge is 0.112 e. The van der Waals surface area contributed by atoms with Crippen molar-refractivity contribution in [2.24, 2.45) is 23.7 Å². The molecule has 6 rings (SSSR count). The van der Waals surface area contributed by atoms with Gasteiger partial charge in [-0.05, 0) is 75.0 Å². The molecule has 8 heteroatoms. The fraction of sp³-hybridized carbons (Fsp3) is 0.950. The summed E-state index contributed by atoms with van der Waals surface area (Å²) in [5.41, 5.74) is 0. The molecule has 0 amide bonds. The van der Waals surface area contributed by atoms with Crippen LogP contribution in [0, 0.1) is 23.7 Å². The Hall–Kier alpha value is -0.580. The number of hydrogen-bond acceptors (Lipinski definition) is 8. The van der Waals surface area contributed by atoms with E-state index in [2.05, 4.69) is 9.80 Å². The normalized spacial score (nSPS) is 37.0. The second-order valence-electron chi connectivity index (χ2n) is 17.1. The van der Waals surface area contributed by atoms with E-state index in [-0.39, 0.29) is 0 Å². The van der Waals surface area contributed by atoms with Crippen molar-refractivity contribution in [2.45, 2.75) is 177 Å². The van der Waals surface area contributed by atoms with E-state index in [1.807, 2.05) is 0 Å². The maximum Gasteiger partial charge on any atom is 0.112 e. The highest BCUT2D eigenvalue weighted by atomic mass is 16.6. The van der Waals surface area contributed by atoms with Gasteiger partial charge in [-0.15, -0.1) is 0 Å². The first-order valence-corrected chi connectivity index (χ1v) is 20.6. The Bertz CT molecular complexity index is 830. The second kappa shape index (κ2) is 18.8. The summed E-state index contributed by atoms with van der Waals surface area (Å²) in [6.07, 6.45) is 23.6. The zero-order chi connectivity index (χ0) is 33.3. The lowest BCUT2D eigenvalue weighted by Gasteiger charge is -2.35. The van der Waals surface area contributed by atoms with Crippen LogP contribution >= 0.6 is 0 Å². The Morgan fingerprint density at radius 1 is 0.375 bits per heavy atom. The Kier molecular flexibility index (Phi) is 14.5. The van der Waals surface area contributed by atoms with E-state index in [4.69, 9.17) is 9.47 Å². The van der Waals surface area contributed by atoms with Crippen molar-refractivity contribution in [1.29, 1.82) is 0 Å². The van der Waals surface area contributed by atoms with Gasteiger partial charge in [-0.1, -0.05) is 89.2 Å². The summed E-state index contributed by atoms with van der Waals surface area (Å²) in [6, 6.07) is 0. The number of rotatable bonds is 14. The molecular formula is C40H70N2O6. The predicted molar refractivity (Wildman–Crippen MR) is 190 cm³/mol. The molecule has 0 aromatic heterocycles. The van der Waals surface area contributed by atoms with Gasteiger partial charge in [-0.25, -0.2) is 0 Å². The molecule has 0 aromatic rings. The number of hydrogen-bond donors (Lipinski definition) is 4. The number of nitrogens with zero attached hydrogens (tertiary/aromatic N) is 2. The molecule has 4 N–H and O–H groups in total. The Balaban J connectivity index is 1.04. The molecule has 0 unspecified atom stereocenters. The lowest BCUT2D eigenvalue weighted by Crippen LogP contribution is -2.44. The zero-order valence-corrected chi connectivity index (χ0v) is 30.0. The number of aliphatic hydroxyl groups excluding tert-OH is 4. The highest BCUT2D eigenvalue weighted by Gasteiger charge is 2.45. The highest BCUT2D eigenvalue weighted by Crippen LogP contribution is 2.32. The third kappa shape index (κ3) is 10.5. The summed E-state index contributed by atoms with van der Waals surface area (Å²) < 4.78 is 12.7. The van der Waals surface area contributed by atoms with Crippen molar-refractivity contribution in [2.75, 3.05) is 39.3 Å². The fourth-order valence-electron chi connectivity index (χ4n) is 10.3. The average molecular weight is 675 g/mol. The third-order valence-electron chi connectivity index (χ3n) is 13.1. The molecule has 0 spiro atoms. The van der Waals surface area contributed by atoms with Gasteiger partial charge < -0.3 is 39.7 Å². The SMILES string of the molecule is O[C@H]1[C@H](O)[C@@H](CN(CC2CCCCC2)CC2CCCCC2)O[C@@H]1/C=C/[C@H]1O[C@H](CN(CC2CCCCC2)CC2CCCCC2)[C@@H](O)[C@@H]1O. The first-order chi connectivity index (χ1) is 23.4. The molecule has 276 valence electrons. The number of ether oxygens (including phenoxy) is 2. The molecule has 4 saturated carbocycles. The van der Waals surface area contributed by atoms with Crippen molar-refractivity contribution in [3.63, 3.8) is 0 Å². The van der Waals surface area contributed by atoms with E-state index in [0.29, 0.717) is 36.8 Å². The minimum absolute atomic E-state index is 0.456. The molecule has 6 aliphatic rings. The van der Waals surface area contributed by atoms with Gasteiger partial charge >= 0.3 is 0 Å².